The fraction of sp³-hybridized carbons (Fsp3) is 0.588. The molecule has 0 fully saturated rings. The van der Waals surface area contributed by atoms with Crippen LogP contribution in [0.5, 0.6) is 0 Å². The highest BCUT2D eigenvalue weighted by Crippen LogP contribution is 2.31. The topological polar surface area (TPSA) is 43.0 Å². The molecule has 0 amide bonds. The van der Waals surface area contributed by atoms with Crippen molar-refractivity contribution in [1.29, 1.82) is 0 Å². The molecule has 0 bridgehead atoms. The summed E-state index contributed by atoms with van der Waals surface area (Å²) in [6, 6.07) is 3.88. The highest BCUT2D eigenvalue weighted by atomic mass is 16.3. The van der Waals surface area contributed by atoms with Crippen molar-refractivity contribution < 1.29 is 4.42 Å². The number of rotatable bonds is 5. The van der Waals surface area contributed by atoms with E-state index in [9.17, 15) is 0 Å². The summed E-state index contributed by atoms with van der Waals surface area (Å²) in [6.45, 7) is 11.3. The van der Waals surface area contributed by atoms with Crippen LogP contribution in [0.2, 0.25) is 0 Å². The van der Waals surface area contributed by atoms with Crippen LogP contribution in [0.25, 0.3) is 0 Å². The van der Waals surface area contributed by atoms with Gasteiger partial charge in [-0.1, -0.05) is 20.8 Å². The summed E-state index contributed by atoms with van der Waals surface area (Å²) in [5.74, 6) is 1.86. The number of aryl methyl sites for hydroxylation is 1. The maximum atomic E-state index is 5.63. The van der Waals surface area contributed by atoms with Crippen molar-refractivity contribution in [2.75, 3.05) is 0 Å². The predicted octanol–water partition coefficient (Wildman–Crippen LogP) is 3.91. The van der Waals surface area contributed by atoms with Crippen LogP contribution in [0.3, 0.4) is 0 Å². The first-order valence-corrected chi connectivity index (χ1v) is 7.46. The Hall–Kier alpha value is -1.55. The van der Waals surface area contributed by atoms with Gasteiger partial charge in [-0.3, -0.25) is 5.32 Å². The largest absolute Gasteiger partial charge is 0.467 e. The normalized spacial score (nSPS) is 14.4. The van der Waals surface area contributed by atoms with Crippen molar-refractivity contribution >= 4 is 0 Å². The summed E-state index contributed by atoms with van der Waals surface area (Å²) in [5.41, 5.74) is 0.230. The molecule has 1 atom stereocenters. The minimum Gasteiger partial charge on any atom is -0.467 e. The zero-order valence-corrected chi connectivity index (χ0v) is 14.0. The van der Waals surface area contributed by atoms with E-state index in [2.05, 4.69) is 44.9 Å². The second-order valence-corrected chi connectivity index (χ2v) is 7.61. The summed E-state index contributed by atoms with van der Waals surface area (Å²) >= 11 is 0. The van der Waals surface area contributed by atoms with Gasteiger partial charge in [0.05, 0.1) is 6.26 Å². The fourth-order valence-electron chi connectivity index (χ4n) is 3.14. The zero-order chi connectivity index (χ0) is 15.7. The molecule has 0 saturated carbocycles. The molecule has 0 radical (unpaired) electrons. The van der Waals surface area contributed by atoms with Crippen molar-refractivity contribution in [3.63, 3.8) is 0 Å². The van der Waals surface area contributed by atoms with E-state index < -0.39 is 0 Å². The van der Waals surface area contributed by atoms with Crippen LogP contribution in [0.15, 0.2) is 35.2 Å². The molecule has 21 heavy (non-hydrogen) atoms. The van der Waals surface area contributed by atoms with E-state index in [-0.39, 0.29) is 17.0 Å². The van der Waals surface area contributed by atoms with Crippen LogP contribution in [0.1, 0.15) is 58.7 Å². The lowest BCUT2D eigenvalue weighted by molar-refractivity contribution is 0.220. The zero-order valence-electron chi connectivity index (χ0n) is 14.0. The maximum Gasteiger partial charge on any atom is 0.133 e. The third-order valence-corrected chi connectivity index (χ3v) is 3.45. The second-order valence-electron chi connectivity index (χ2n) is 7.61. The van der Waals surface area contributed by atoms with E-state index in [1.165, 1.54) is 0 Å². The van der Waals surface area contributed by atoms with Gasteiger partial charge in [-0.25, -0.2) is 4.98 Å². The van der Waals surface area contributed by atoms with E-state index in [0.717, 1.165) is 18.0 Å². The van der Waals surface area contributed by atoms with Gasteiger partial charge in [0.15, 0.2) is 0 Å². The molecule has 1 unspecified atom stereocenters. The van der Waals surface area contributed by atoms with E-state index in [0.29, 0.717) is 0 Å². The van der Waals surface area contributed by atoms with Crippen LogP contribution in [-0.2, 0) is 7.05 Å². The van der Waals surface area contributed by atoms with Gasteiger partial charge in [0, 0.05) is 25.0 Å². The molecule has 4 nitrogen and oxygen atoms in total. The van der Waals surface area contributed by atoms with Crippen molar-refractivity contribution in [2.24, 2.45) is 12.5 Å². The molecular weight excluding hydrogens is 262 g/mol. The van der Waals surface area contributed by atoms with Gasteiger partial charge < -0.3 is 8.98 Å². The molecule has 2 aromatic heterocycles. The average molecular weight is 289 g/mol. The van der Waals surface area contributed by atoms with Gasteiger partial charge in [0.25, 0.3) is 0 Å². The van der Waals surface area contributed by atoms with Crippen molar-refractivity contribution in [1.82, 2.24) is 14.9 Å². The molecule has 0 aliphatic carbocycles. The smallest absolute Gasteiger partial charge is 0.133 e. The number of hydrogen-bond acceptors (Lipinski definition) is 3. The highest BCUT2D eigenvalue weighted by molar-refractivity contribution is 5.17. The summed E-state index contributed by atoms with van der Waals surface area (Å²) in [6.07, 6.45) is 6.55. The monoisotopic (exact) mass is 289 g/mol. The third-order valence-electron chi connectivity index (χ3n) is 3.45. The molecule has 1 N–H and O–H groups in total. The SMILES string of the molecule is Cn1ccnc1C(NC(C)(C)CC(C)(C)C)c1ccco1. The van der Waals surface area contributed by atoms with Crippen molar-refractivity contribution in [3.8, 4) is 0 Å². The predicted molar refractivity (Wildman–Crippen MR) is 85.0 cm³/mol. The molecule has 2 heterocycles. The Kier molecular flexibility index (Phi) is 4.28. The Labute approximate surface area is 127 Å². The summed E-state index contributed by atoms with van der Waals surface area (Å²) < 4.78 is 7.67. The second kappa shape index (κ2) is 5.68. The summed E-state index contributed by atoms with van der Waals surface area (Å²) in [5, 5.41) is 3.72. The third kappa shape index (κ3) is 4.21. The summed E-state index contributed by atoms with van der Waals surface area (Å²) in [7, 11) is 2.01. The van der Waals surface area contributed by atoms with Crippen LogP contribution in [-0.4, -0.2) is 15.1 Å². The number of hydrogen-bond donors (Lipinski definition) is 1. The van der Waals surface area contributed by atoms with Crippen LogP contribution in [0, 0.1) is 5.41 Å². The van der Waals surface area contributed by atoms with Gasteiger partial charge in [0.2, 0.25) is 0 Å². The molecule has 4 heteroatoms. The molecule has 0 saturated heterocycles. The van der Waals surface area contributed by atoms with Gasteiger partial charge in [-0.2, -0.15) is 0 Å². The Morgan fingerprint density at radius 1 is 1.29 bits per heavy atom. The van der Waals surface area contributed by atoms with Gasteiger partial charge in [-0.15, -0.1) is 0 Å². The molecular formula is C17H27N3O. The first-order chi connectivity index (χ1) is 9.68. The van der Waals surface area contributed by atoms with Gasteiger partial charge >= 0.3 is 0 Å². The standard InChI is InChI=1S/C17H27N3O/c1-16(2,3)12-17(4,5)19-14(13-8-7-11-21-13)15-18-9-10-20(15)6/h7-11,14,19H,12H2,1-6H3. The molecule has 2 rings (SSSR count). The van der Waals surface area contributed by atoms with E-state index in [1.807, 2.05) is 36.1 Å². The van der Waals surface area contributed by atoms with E-state index in [1.54, 1.807) is 6.26 Å². The first-order valence-electron chi connectivity index (χ1n) is 7.46. The lowest BCUT2D eigenvalue weighted by atomic mass is 9.81. The van der Waals surface area contributed by atoms with Gasteiger partial charge in [0.1, 0.15) is 17.6 Å². The molecule has 0 aliphatic heterocycles. The minimum atomic E-state index is -0.0441. The first kappa shape index (κ1) is 15.8. The van der Waals surface area contributed by atoms with E-state index in [4.69, 9.17) is 4.42 Å². The molecule has 0 aromatic carbocycles. The number of nitrogens with one attached hydrogen (secondary N) is 1. The number of nitrogens with zero attached hydrogens (tertiary/aromatic N) is 2. The van der Waals surface area contributed by atoms with Crippen LogP contribution < -0.4 is 5.32 Å². The Morgan fingerprint density at radius 3 is 2.48 bits per heavy atom. The summed E-state index contributed by atoms with van der Waals surface area (Å²) in [4.78, 5) is 4.49. The molecule has 116 valence electrons. The Morgan fingerprint density at radius 2 is 2.00 bits per heavy atom. The minimum absolute atomic E-state index is 0.0261. The Balaban J connectivity index is 2.28. The van der Waals surface area contributed by atoms with Gasteiger partial charge in [-0.05, 0) is 37.8 Å². The van der Waals surface area contributed by atoms with Crippen LogP contribution in [0.4, 0.5) is 0 Å². The van der Waals surface area contributed by atoms with E-state index >= 15 is 0 Å². The number of furan rings is 1. The number of aromatic nitrogens is 2. The van der Waals surface area contributed by atoms with Crippen molar-refractivity contribution in [3.05, 3.63) is 42.4 Å². The van der Waals surface area contributed by atoms with Crippen molar-refractivity contribution in [2.45, 2.75) is 52.6 Å². The lowest BCUT2D eigenvalue weighted by Gasteiger charge is -2.36. The molecule has 0 spiro atoms. The highest BCUT2D eigenvalue weighted by Gasteiger charge is 2.31. The Bertz CT molecular complexity index is 561. The molecule has 0 aliphatic rings. The quantitative estimate of drug-likeness (QED) is 0.907. The average Bonchev–Trinajstić information content (AvgIpc) is 2.93. The number of imidazole rings is 1. The maximum absolute atomic E-state index is 5.63. The lowest BCUT2D eigenvalue weighted by Crippen LogP contribution is -2.45. The molecule has 2 aromatic rings. The fourth-order valence-corrected chi connectivity index (χ4v) is 3.14. The van der Waals surface area contributed by atoms with Crippen LogP contribution >= 0.6 is 0 Å².